The number of carbonyl (C=O) groups is 3. The second kappa shape index (κ2) is 12.8. The van der Waals surface area contributed by atoms with Gasteiger partial charge in [0.05, 0.1) is 49.1 Å². The number of hydrogen-bond acceptors (Lipinski definition) is 7. The maximum atomic E-state index is 12.3. The van der Waals surface area contributed by atoms with E-state index < -0.39 is 6.10 Å². The number of amides is 2. The zero-order valence-corrected chi connectivity index (χ0v) is 22.6. The van der Waals surface area contributed by atoms with Crippen molar-refractivity contribution in [3.8, 4) is 0 Å². The van der Waals surface area contributed by atoms with Gasteiger partial charge in [-0.2, -0.15) is 0 Å². The maximum Gasteiger partial charge on any atom is 0.303 e. The summed E-state index contributed by atoms with van der Waals surface area (Å²) in [6.45, 7) is 9.91. The van der Waals surface area contributed by atoms with Crippen LogP contribution in [0, 0.1) is 5.92 Å². The number of carbonyl (C=O) groups excluding carboxylic acids is 3. The quantitative estimate of drug-likeness (QED) is 0.197. The van der Waals surface area contributed by atoms with Crippen molar-refractivity contribution in [1.29, 1.82) is 0 Å². The molecule has 1 unspecified atom stereocenters. The number of nitrogens with one attached hydrogen (secondary N) is 1. The minimum absolute atomic E-state index is 0.0556. The molecule has 37 heavy (non-hydrogen) atoms. The summed E-state index contributed by atoms with van der Waals surface area (Å²) in [4.78, 5) is 34.7. The second-order valence-corrected chi connectivity index (χ2v) is 10.8. The number of ether oxygens (including phenoxy) is 4. The Labute approximate surface area is 219 Å². The molecule has 0 aromatic carbocycles. The third kappa shape index (κ3) is 9.39. The van der Waals surface area contributed by atoms with Crippen molar-refractivity contribution in [2.75, 3.05) is 6.61 Å². The Morgan fingerprint density at radius 1 is 1.16 bits per heavy atom. The SMILES string of the molecule is CC(=O)O[C@@H](C)/C=C\C(=O)N[C@@H]1C[C@H](C)[C@H](C/C=C(C)/C=C/[C@@H]2C[C@]3(CO3)CC(CC(N)=O)O2)O[C@@H]1C. The first-order chi connectivity index (χ1) is 17.4. The van der Waals surface area contributed by atoms with Gasteiger partial charge in [-0.1, -0.05) is 30.7 Å². The fourth-order valence-corrected chi connectivity index (χ4v) is 5.10. The summed E-state index contributed by atoms with van der Waals surface area (Å²) < 4.78 is 23.0. The lowest BCUT2D eigenvalue weighted by Crippen LogP contribution is -2.50. The lowest BCUT2D eigenvalue weighted by molar-refractivity contribution is -0.143. The van der Waals surface area contributed by atoms with Gasteiger partial charge < -0.3 is 30.0 Å². The molecule has 0 radical (unpaired) electrons. The normalized spacial score (nSPS) is 35.0. The standard InChI is InChI=1S/C28H42N2O7/c1-17(6-9-22-14-28(16-34-28)15-23(37-22)13-26(29)32)7-10-25-18(2)12-24(20(4)36-25)30-27(33)11-8-19(3)35-21(5)31/h6-9,11,18-20,22-25H,10,12-16H2,1-5H3,(H2,29,32)(H,30,33)/b9-6+,11-8-,17-7+/t18-,19-,20+,22+,23?,24+,25-,28+/m0/s1. The summed E-state index contributed by atoms with van der Waals surface area (Å²) >= 11 is 0. The molecule has 3 N–H and O–H groups in total. The first-order valence-corrected chi connectivity index (χ1v) is 13.2. The van der Waals surface area contributed by atoms with Gasteiger partial charge in [0.1, 0.15) is 6.10 Å². The molecule has 9 heteroatoms. The monoisotopic (exact) mass is 518 g/mol. The molecule has 3 heterocycles. The minimum Gasteiger partial charge on any atom is -0.459 e. The first-order valence-electron chi connectivity index (χ1n) is 13.2. The van der Waals surface area contributed by atoms with Crippen LogP contribution >= 0.6 is 0 Å². The zero-order valence-electron chi connectivity index (χ0n) is 22.6. The van der Waals surface area contributed by atoms with Crippen LogP contribution in [0.5, 0.6) is 0 Å². The van der Waals surface area contributed by atoms with E-state index in [-0.39, 0.29) is 66.2 Å². The van der Waals surface area contributed by atoms with E-state index in [0.29, 0.717) is 6.61 Å². The third-order valence-electron chi connectivity index (χ3n) is 7.18. The Balaban J connectivity index is 1.46. The van der Waals surface area contributed by atoms with Gasteiger partial charge in [0.2, 0.25) is 11.8 Å². The number of rotatable bonds is 10. The highest BCUT2D eigenvalue weighted by Gasteiger charge is 2.51. The summed E-state index contributed by atoms with van der Waals surface area (Å²) in [5, 5.41) is 3.01. The van der Waals surface area contributed by atoms with Crippen LogP contribution in [-0.4, -0.2) is 66.6 Å². The molecule has 3 fully saturated rings. The van der Waals surface area contributed by atoms with Crippen LogP contribution in [0.25, 0.3) is 0 Å². The van der Waals surface area contributed by atoms with Crippen molar-refractivity contribution in [2.45, 2.75) is 109 Å². The molecule has 8 atom stereocenters. The number of epoxide rings is 1. The number of hydrogen-bond donors (Lipinski definition) is 2. The van der Waals surface area contributed by atoms with E-state index in [4.69, 9.17) is 24.7 Å². The van der Waals surface area contributed by atoms with Gasteiger partial charge in [0.25, 0.3) is 0 Å². The highest BCUT2D eigenvalue weighted by atomic mass is 16.6. The van der Waals surface area contributed by atoms with Crippen LogP contribution in [-0.2, 0) is 33.3 Å². The van der Waals surface area contributed by atoms with Gasteiger partial charge in [-0.15, -0.1) is 0 Å². The van der Waals surface area contributed by atoms with Crippen molar-refractivity contribution in [3.05, 3.63) is 36.0 Å². The molecular weight excluding hydrogens is 476 g/mol. The highest BCUT2D eigenvalue weighted by Crippen LogP contribution is 2.43. The molecule has 0 aliphatic carbocycles. The second-order valence-electron chi connectivity index (χ2n) is 10.8. The molecule has 3 aliphatic heterocycles. The highest BCUT2D eigenvalue weighted by molar-refractivity contribution is 5.87. The van der Waals surface area contributed by atoms with Gasteiger partial charge in [-0.25, -0.2) is 0 Å². The van der Waals surface area contributed by atoms with Crippen molar-refractivity contribution in [2.24, 2.45) is 11.7 Å². The van der Waals surface area contributed by atoms with Gasteiger partial charge >= 0.3 is 5.97 Å². The molecule has 2 amide bonds. The van der Waals surface area contributed by atoms with Crippen LogP contribution in [0.2, 0.25) is 0 Å². The number of nitrogens with two attached hydrogens (primary N) is 1. The fraction of sp³-hybridized carbons (Fsp3) is 0.679. The fourth-order valence-electron chi connectivity index (χ4n) is 5.10. The molecule has 206 valence electrons. The summed E-state index contributed by atoms with van der Waals surface area (Å²) in [6.07, 6.45) is 11.7. The maximum absolute atomic E-state index is 12.3. The van der Waals surface area contributed by atoms with Crippen LogP contribution in [0.3, 0.4) is 0 Å². The van der Waals surface area contributed by atoms with E-state index in [1.807, 2.05) is 19.9 Å². The van der Waals surface area contributed by atoms with E-state index in [1.54, 1.807) is 13.0 Å². The lowest BCUT2D eigenvalue weighted by Gasteiger charge is -2.39. The Kier molecular flexibility index (Phi) is 10.1. The minimum atomic E-state index is -0.458. The largest absolute Gasteiger partial charge is 0.459 e. The average Bonchev–Trinajstić information content (AvgIpc) is 3.54. The van der Waals surface area contributed by atoms with E-state index in [1.165, 1.54) is 13.0 Å². The smallest absolute Gasteiger partial charge is 0.303 e. The Hall–Kier alpha value is -2.49. The van der Waals surface area contributed by atoms with Gasteiger partial charge in [-0.3, -0.25) is 14.4 Å². The molecule has 1 spiro atoms. The van der Waals surface area contributed by atoms with E-state index in [0.717, 1.165) is 31.3 Å². The Morgan fingerprint density at radius 3 is 2.54 bits per heavy atom. The summed E-state index contributed by atoms with van der Waals surface area (Å²) in [7, 11) is 0. The summed E-state index contributed by atoms with van der Waals surface area (Å²) in [5.41, 5.74) is 6.32. The molecule has 0 saturated carbocycles. The van der Waals surface area contributed by atoms with E-state index >= 15 is 0 Å². The van der Waals surface area contributed by atoms with Crippen LogP contribution in [0.1, 0.15) is 66.7 Å². The van der Waals surface area contributed by atoms with Gasteiger partial charge in [0.15, 0.2) is 0 Å². The molecular formula is C28H42N2O7. The number of esters is 1. The predicted molar refractivity (Wildman–Crippen MR) is 138 cm³/mol. The van der Waals surface area contributed by atoms with Crippen LogP contribution < -0.4 is 11.1 Å². The predicted octanol–water partition coefficient (Wildman–Crippen LogP) is 2.88. The van der Waals surface area contributed by atoms with Gasteiger partial charge in [0, 0.05) is 25.8 Å². The molecule has 3 rings (SSSR count). The Morgan fingerprint density at radius 2 is 1.89 bits per heavy atom. The molecule has 3 aliphatic rings. The number of allylic oxidation sites excluding steroid dienone is 2. The first kappa shape index (κ1) is 29.1. The van der Waals surface area contributed by atoms with Crippen LogP contribution in [0.4, 0.5) is 0 Å². The van der Waals surface area contributed by atoms with Crippen molar-refractivity contribution in [3.63, 3.8) is 0 Å². The average molecular weight is 519 g/mol. The van der Waals surface area contributed by atoms with E-state index in [9.17, 15) is 14.4 Å². The van der Waals surface area contributed by atoms with Crippen molar-refractivity contribution >= 4 is 17.8 Å². The molecule has 9 nitrogen and oxygen atoms in total. The number of primary amides is 1. The van der Waals surface area contributed by atoms with E-state index in [2.05, 4.69) is 24.4 Å². The molecule has 0 aromatic heterocycles. The topological polar surface area (TPSA) is 129 Å². The van der Waals surface area contributed by atoms with Gasteiger partial charge in [-0.05, 0) is 45.6 Å². The molecule has 3 saturated heterocycles. The lowest BCUT2D eigenvalue weighted by atomic mass is 9.88. The van der Waals surface area contributed by atoms with Crippen molar-refractivity contribution in [1.82, 2.24) is 5.32 Å². The molecule has 0 bridgehead atoms. The molecule has 0 aromatic rings. The zero-order chi connectivity index (χ0) is 27.2. The summed E-state index contributed by atoms with van der Waals surface area (Å²) in [6, 6.07) is -0.0915. The Bertz CT molecular complexity index is 923. The third-order valence-corrected chi connectivity index (χ3v) is 7.18. The van der Waals surface area contributed by atoms with Crippen molar-refractivity contribution < 1.29 is 33.3 Å². The van der Waals surface area contributed by atoms with Crippen LogP contribution in [0.15, 0.2) is 36.0 Å². The summed E-state index contributed by atoms with van der Waals surface area (Å²) in [5.74, 6) is -0.706.